The third-order valence-electron chi connectivity index (χ3n) is 3.72. The lowest BCUT2D eigenvalue weighted by Crippen LogP contribution is -2.51. The van der Waals surface area contributed by atoms with Crippen molar-refractivity contribution in [1.82, 2.24) is 5.32 Å². The number of hydrogen-bond donors (Lipinski definition) is 2. The summed E-state index contributed by atoms with van der Waals surface area (Å²) in [4.78, 5) is 23.8. The number of carboxylic acids is 1. The average Bonchev–Trinajstić information content (AvgIpc) is 2.86. The molecule has 1 saturated heterocycles. The fourth-order valence-electron chi connectivity index (χ4n) is 2.37. The highest BCUT2D eigenvalue weighted by Crippen LogP contribution is 2.24. The topological polar surface area (TPSA) is 75.6 Å². The Kier molecular flexibility index (Phi) is 4.09. The van der Waals surface area contributed by atoms with Gasteiger partial charge in [-0.25, -0.2) is 4.79 Å². The molecule has 2 rings (SSSR count). The number of carbonyl (C=O) groups excluding carboxylic acids is 1. The van der Waals surface area contributed by atoms with E-state index in [-0.39, 0.29) is 17.9 Å². The minimum Gasteiger partial charge on any atom is -0.479 e. The van der Waals surface area contributed by atoms with Crippen LogP contribution in [0, 0.1) is 5.92 Å². The molecule has 1 amide bonds. The first kappa shape index (κ1) is 14.5. The molecule has 5 heteroatoms. The smallest absolute Gasteiger partial charge is 0.333 e. The van der Waals surface area contributed by atoms with Crippen LogP contribution in [0.2, 0.25) is 0 Å². The predicted octanol–water partition coefficient (Wildman–Crippen LogP) is 1.53. The normalized spacial score (nSPS) is 24.9. The standard InChI is InChI=1S/C15H19NO4/c1-10-8-11(9-20-10)13(17)16-15(2,14(18)19)12-6-4-3-5-7-12/h3-7,10-11H,8-9H2,1-2H3,(H,16,17)(H,18,19). The number of ether oxygens (including phenoxy) is 1. The van der Waals surface area contributed by atoms with Crippen LogP contribution in [0.1, 0.15) is 25.8 Å². The van der Waals surface area contributed by atoms with Gasteiger partial charge in [-0.1, -0.05) is 30.3 Å². The van der Waals surface area contributed by atoms with Crippen molar-refractivity contribution in [2.45, 2.75) is 31.9 Å². The van der Waals surface area contributed by atoms with Gasteiger partial charge in [0.15, 0.2) is 5.54 Å². The van der Waals surface area contributed by atoms with Gasteiger partial charge in [-0.3, -0.25) is 4.79 Å². The minimum atomic E-state index is -1.43. The molecule has 0 aromatic heterocycles. The Morgan fingerprint density at radius 1 is 1.35 bits per heavy atom. The number of carbonyl (C=O) groups is 2. The van der Waals surface area contributed by atoms with Gasteiger partial charge in [0, 0.05) is 0 Å². The van der Waals surface area contributed by atoms with Crippen LogP contribution in [0.5, 0.6) is 0 Å². The van der Waals surface area contributed by atoms with Gasteiger partial charge in [0.2, 0.25) is 5.91 Å². The molecule has 0 aliphatic carbocycles. The van der Waals surface area contributed by atoms with Crippen LogP contribution in [0.3, 0.4) is 0 Å². The van der Waals surface area contributed by atoms with E-state index in [1.165, 1.54) is 6.92 Å². The van der Waals surface area contributed by atoms with Crippen LogP contribution in [0.25, 0.3) is 0 Å². The van der Waals surface area contributed by atoms with E-state index in [4.69, 9.17) is 4.74 Å². The van der Waals surface area contributed by atoms with Crippen molar-refractivity contribution in [2.24, 2.45) is 5.92 Å². The third-order valence-corrected chi connectivity index (χ3v) is 3.72. The Labute approximate surface area is 117 Å². The van der Waals surface area contributed by atoms with E-state index in [0.717, 1.165) is 0 Å². The van der Waals surface area contributed by atoms with Crippen molar-refractivity contribution in [1.29, 1.82) is 0 Å². The maximum absolute atomic E-state index is 12.2. The minimum absolute atomic E-state index is 0.0403. The Bertz CT molecular complexity index is 502. The van der Waals surface area contributed by atoms with E-state index in [1.54, 1.807) is 30.3 Å². The molecule has 1 heterocycles. The number of rotatable bonds is 4. The van der Waals surface area contributed by atoms with Gasteiger partial charge in [-0.15, -0.1) is 0 Å². The van der Waals surface area contributed by atoms with Gasteiger partial charge in [0.05, 0.1) is 18.6 Å². The lowest BCUT2D eigenvalue weighted by Gasteiger charge is -2.28. The first-order chi connectivity index (χ1) is 9.43. The zero-order chi connectivity index (χ0) is 14.8. The summed E-state index contributed by atoms with van der Waals surface area (Å²) < 4.78 is 5.36. The Balaban J connectivity index is 2.18. The number of nitrogens with one attached hydrogen (secondary N) is 1. The van der Waals surface area contributed by atoms with E-state index in [1.807, 2.05) is 6.92 Å². The van der Waals surface area contributed by atoms with Crippen molar-refractivity contribution >= 4 is 11.9 Å². The predicted molar refractivity (Wildman–Crippen MR) is 73.1 cm³/mol. The SMILES string of the molecule is CC1CC(C(=O)NC(C)(C(=O)O)c2ccccc2)CO1. The number of benzene rings is 1. The van der Waals surface area contributed by atoms with Crippen LogP contribution in [0.15, 0.2) is 30.3 Å². The zero-order valence-corrected chi connectivity index (χ0v) is 11.6. The van der Waals surface area contributed by atoms with Crippen LogP contribution >= 0.6 is 0 Å². The summed E-state index contributed by atoms with van der Waals surface area (Å²) in [5.41, 5.74) is -0.878. The summed E-state index contributed by atoms with van der Waals surface area (Å²) >= 11 is 0. The number of aliphatic carboxylic acids is 1. The van der Waals surface area contributed by atoms with Crippen LogP contribution in [-0.2, 0) is 19.9 Å². The molecule has 1 aliphatic rings. The maximum atomic E-state index is 12.2. The molecule has 0 radical (unpaired) electrons. The van der Waals surface area contributed by atoms with Gasteiger partial charge in [-0.05, 0) is 25.8 Å². The summed E-state index contributed by atoms with van der Waals surface area (Å²) in [7, 11) is 0. The summed E-state index contributed by atoms with van der Waals surface area (Å²) in [5, 5.41) is 12.1. The van der Waals surface area contributed by atoms with Crippen LogP contribution in [-0.4, -0.2) is 29.7 Å². The molecular weight excluding hydrogens is 258 g/mol. The van der Waals surface area contributed by atoms with Crippen molar-refractivity contribution in [2.75, 3.05) is 6.61 Å². The summed E-state index contributed by atoms with van der Waals surface area (Å²) in [6, 6.07) is 8.71. The summed E-state index contributed by atoms with van der Waals surface area (Å²) in [6.07, 6.45) is 0.662. The van der Waals surface area contributed by atoms with Crippen molar-refractivity contribution in [3.8, 4) is 0 Å². The van der Waals surface area contributed by atoms with Gasteiger partial charge in [-0.2, -0.15) is 0 Å². The lowest BCUT2D eigenvalue weighted by molar-refractivity contribution is -0.148. The molecule has 20 heavy (non-hydrogen) atoms. The highest BCUT2D eigenvalue weighted by molar-refractivity contribution is 5.89. The Hall–Kier alpha value is -1.88. The summed E-state index contributed by atoms with van der Waals surface area (Å²) in [5.74, 6) is -1.64. The molecular formula is C15H19NO4. The van der Waals surface area contributed by atoms with Gasteiger partial charge in [0.25, 0.3) is 0 Å². The fraction of sp³-hybridized carbons (Fsp3) is 0.467. The Morgan fingerprint density at radius 3 is 2.50 bits per heavy atom. The number of amides is 1. The van der Waals surface area contributed by atoms with Gasteiger partial charge in [0.1, 0.15) is 0 Å². The molecule has 2 N–H and O–H groups in total. The molecule has 3 atom stereocenters. The van der Waals surface area contributed by atoms with E-state index < -0.39 is 11.5 Å². The molecule has 0 saturated carbocycles. The third kappa shape index (κ3) is 2.82. The van der Waals surface area contributed by atoms with E-state index >= 15 is 0 Å². The fourth-order valence-corrected chi connectivity index (χ4v) is 2.37. The van der Waals surface area contributed by atoms with Gasteiger partial charge >= 0.3 is 5.97 Å². The molecule has 5 nitrogen and oxygen atoms in total. The van der Waals surface area contributed by atoms with Crippen LogP contribution in [0.4, 0.5) is 0 Å². The van der Waals surface area contributed by atoms with Crippen molar-refractivity contribution in [3.05, 3.63) is 35.9 Å². The molecule has 0 spiro atoms. The molecule has 3 unspecified atom stereocenters. The maximum Gasteiger partial charge on any atom is 0.333 e. The van der Waals surface area contributed by atoms with Crippen molar-refractivity contribution in [3.63, 3.8) is 0 Å². The second kappa shape index (κ2) is 5.63. The Morgan fingerprint density at radius 2 is 2.00 bits per heavy atom. The van der Waals surface area contributed by atoms with Crippen LogP contribution < -0.4 is 5.32 Å². The first-order valence-corrected chi connectivity index (χ1v) is 6.66. The first-order valence-electron chi connectivity index (χ1n) is 6.66. The molecule has 108 valence electrons. The van der Waals surface area contributed by atoms with E-state index in [0.29, 0.717) is 18.6 Å². The molecule has 1 aliphatic heterocycles. The monoisotopic (exact) mass is 277 g/mol. The second-order valence-electron chi connectivity index (χ2n) is 5.36. The molecule has 1 aromatic carbocycles. The molecule has 1 aromatic rings. The highest BCUT2D eigenvalue weighted by atomic mass is 16.5. The zero-order valence-electron chi connectivity index (χ0n) is 11.6. The second-order valence-corrected chi connectivity index (χ2v) is 5.36. The lowest BCUT2D eigenvalue weighted by atomic mass is 9.91. The highest BCUT2D eigenvalue weighted by Gasteiger charge is 2.39. The largest absolute Gasteiger partial charge is 0.479 e. The molecule has 1 fully saturated rings. The summed E-state index contributed by atoms with van der Waals surface area (Å²) in [6.45, 7) is 3.75. The quantitative estimate of drug-likeness (QED) is 0.875. The van der Waals surface area contributed by atoms with Gasteiger partial charge < -0.3 is 15.2 Å². The van der Waals surface area contributed by atoms with E-state index in [2.05, 4.69) is 5.32 Å². The van der Waals surface area contributed by atoms with E-state index in [9.17, 15) is 14.7 Å². The van der Waals surface area contributed by atoms with Crippen molar-refractivity contribution < 1.29 is 19.4 Å². The average molecular weight is 277 g/mol. The molecule has 0 bridgehead atoms. The number of carboxylic acid groups (broad SMARTS) is 1. The number of hydrogen-bond acceptors (Lipinski definition) is 3.